The average molecular weight is 1370 g/mol. The molecule has 0 spiro atoms. The predicted octanol–water partition coefficient (Wildman–Crippen LogP) is 15.6. The Morgan fingerprint density at radius 1 is 0.694 bits per heavy atom. The van der Waals surface area contributed by atoms with Gasteiger partial charge in [-0.15, -0.1) is 0 Å². The number of likely N-dealkylation sites (N-methyl/N-ethyl adjacent to an activating group) is 1. The molecule has 1 N–H and O–H groups in total. The standard InChI is InChI=1S/C79H103N7O10S2/c1-11-17-18-25-49-84-69-44-32-56(12-2)52-67(69)78(7,8)71(84)46-35-58-29-28-30-59(76(58)96-63-39-41-64(42-40-63)97(89,90)91)36-47-72-79(9,10)68-54-65(98(92,93)94)43-45-70(68)85(72)50-26-22-23-31-73(87)80-48-24-20-19-21-27-51-95-62-37-33-57(34-38-62)75-66(55-74(88)83(15-5)16-6)77-81-60(13-3)53-61(14-4)86(77)82-75/h32-47,52-54H,11-31,48-51,55H2,1-10H3,(H2-,80,87,89,90,91,92,93,94)/p-1. The summed E-state index contributed by atoms with van der Waals surface area (Å²) in [6.45, 7) is 25.2. The van der Waals surface area contributed by atoms with Gasteiger partial charge in [-0.1, -0.05) is 98.3 Å². The number of ether oxygens (including phenoxy) is 2. The maximum Gasteiger partial charge on any atom is 0.227 e. The topological polar surface area (TPSA) is 219 Å². The Labute approximate surface area is 582 Å². The minimum absolute atomic E-state index is 0.0225. The number of nitrogens with one attached hydrogen (secondary N) is 1. The lowest BCUT2D eigenvalue weighted by Gasteiger charge is -2.27. The Kier molecular flexibility index (Phi) is 25.4. The molecule has 2 aliphatic heterocycles. The molecule has 19 heteroatoms. The van der Waals surface area contributed by atoms with Crippen molar-refractivity contribution >= 4 is 54.8 Å². The first-order chi connectivity index (χ1) is 46.9. The minimum atomic E-state index is -4.75. The highest BCUT2D eigenvalue weighted by molar-refractivity contribution is 7.86. The van der Waals surface area contributed by atoms with Crippen LogP contribution in [-0.2, 0) is 66.3 Å². The molecule has 4 heterocycles. The molecule has 1 aliphatic carbocycles. The van der Waals surface area contributed by atoms with Gasteiger partial charge in [0, 0.05) is 96.0 Å². The van der Waals surface area contributed by atoms with Crippen LogP contribution in [0.1, 0.15) is 206 Å². The van der Waals surface area contributed by atoms with E-state index in [-0.39, 0.29) is 33.4 Å². The Hall–Kier alpha value is -7.71. The lowest BCUT2D eigenvalue weighted by Crippen LogP contribution is -2.31. The van der Waals surface area contributed by atoms with Crippen molar-refractivity contribution in [3.8, 4) is 22.8 Å². The third-order valence-corrected chi connectivity index (χ3v) is 21.4. The number of hydrogen-bond donors (Lipinski definition) is 1. The van der Waals surface area contributed by atoms with Gasteiger partial charge in [0.05, 0.1) is 33.9 Å². The van der Waals surface area contributed by atoms with Crippen LogP contribution in [0.15, 0.2) is 148 Å². The monoisotopic (exact) mass is 1370 g/mol. The van der Waals surface area contributed by atoms with E-state index in [1.165, 1.54) is 65.3 Å². The zero-order valence-corrected chi connectivity index (χ0v) is 61.1. The average Bonchev–Trinajstić information content (AvgIpc) is 1.61. The van der Waals surface area contributed by atoms with Crippen LogP contribution in [0.25, 0.3) is 16.9 Å². The van der Waals surface area contributed by atoms with Gasteiger partial charge in [-0.25, -0.2) is 26.3 Å². The smallest absolute Gasteiger partial charge is 0.227 e. The first-order valence-electron chi connectivity index (χ1n) is 35.9. The van der Waals surface area contributed by atoms with E-state index in [2.05, 4.69) is 105 Å². The lowest BCUT2D eigenvalue weighted by molar-refractivity contribution is -0.438. The second-order valence-electron chi connectivity index (χ2n) is 27.2. The fourth-order valence-electron chi connectivity index (χ4n) is 14.0. The summed E-state index contributed by atoms with van der Waals surface area (Å²) in [5.74, 6) is 1.86. The molecule has 9 rings (SSSR count). The van der Waals surface area contributed by atoms with Gasteiger partial charge in [0.1, 0.15) is 44.0 Å². The maximum absolute atomic E-state index is 13.5. The number of carbonyl (C=O) groups excluding carboxylic acids is 2. The van der Waals surface area contributed by atoms with Crippen molar-refractivity contribution in [1.29, 1.82) is 0 Å². The van der Waals surface area contributed by atoms with Crippen molar-refractivity contribution in [3.05, 3.63) is 172 Å². The van der Waals surface area contributed by atoms with Gasteiger partial charge >= 0.3 is 0 Å². The van der Waals surface area contributed by atoms with Crippen LogP contribution >= 0.6 is 0 Å². The maximum atomic E-state index is 13.5. The number of benzene rings is 4. The number of amides is 2. The fourth-order valence-corrected chi connectivity index (χ4v) is 15.0. The number of rotatable bonds is 35. The zero-order valence-electron chi connectivity index (χ0n) is 59.4. The van der Waals surface area contributed by atoms with Crippen molar-refractivity contribution in [3.63, 3.8) is 0 Å². The van der Waals surface area contributed by atoms with Crippen LogP contribution < -0.4 is 19.7 Å². The van der Waals surface area contributed by atoms with E-state index in [0.29, 0.717) is 70.0 Å². The summed E-state index contributed by atoms with van der Waals surface area (Å²) in [6, 6.07) is 27.1. The molecular formula is C79H102N7O10S2-. The molecule has 0 bridgehead atoms. The minimum Gasteiger partial charge on any atom is -0.744 e. The zero-order chi connectivity index (χ0) is 70.4. The SMILES string of the molecule is CCCCCCN1/C(=C/C=C2\CCCC(/C=C/C3=[N+](CCCCCC(=O)NCCCCCCCOc4ccc(-c5nn6c(CC)cc(CC)nc6c5CC(=O)N(CC)CC)cc4)c4ccc(S(=O)(=O)[O-])cc4C3(C)C)=C2Oc2ccc(S(=O)(=O)[O-])cc2)C(C)(C)c2cc(CC)ccc21. The summed E-state index contributed by atoms with van der Waals surface area (Å²) in [5, 5.41) is 8.15. The molecule has 2 aromatic heterocycles. The van der Waals surface area contributed by atoms with Crippen LogP contribution in [-0.4, -0.2) is 107 Å². The highest BCUT2D eigenvalue weighted by atomic mass is 32.2. The molecule has 526 valence electrons. The summed E-state index contributed by atoms with van der Waals surface area (Å²) in [5.41, 5.74) is 13.6. The Balaban J connectivity index is 0.819. The number of hydrogen-bond acceptors (Lipinski definition) is 13. The molecule has 0 saturated carbocycles. The predicted molar refractivity (Wildman–Crippen MR) is 388 cm³/mol. The largest absolute Gasteiger partial charge is 0.744 e. The van der Waals surface area contributed by atoms with Crippen molar-refractivity contribution < 1.29 is 49.6 Å². The number of allylic oxidation sites excluding steroid dienone is 7. The van der Waals surface area contributed by atoms with E-state index in [1.807, 2.05) is 61.4 Å². The van der Waals surface area contributed by atoms with Gasteiger partial charge < -0.3 is 33.7 Å². The Morgan fingerprint density at radius 2 is 1.39 bits per heavy atom. The van der Waals surface area contributed by atoms with Crippen LogP contribution in [0.4, 0.5) is 11.4 Å². The van der Waals surface area contributed by atoms with Crippen molar-refractivity contribution in [2.45, 2.75) is 218 Å². The molecule has 0 radical (unpaired) electrons. The number of nitrogens with zero attached hydrogens (tertiary/aromatic N) is 6. The van der Waals surface area contributed by atoms with E-state index in [4.69, 9.17) is 19.6 Å². The van der Waals surface area contributed by atoms with Crippen molar-refractivity contribution in [2.24, 2.45) is 0 Å². The van der Waals surface area contributed by atoms with Crippen LogP contribution in [0, 0.1) is 0 Å². The molecule has 0 atom stereocenters. The molecule has 2 amide bonds. The van der Waals surface area contributed by atoms with Gasteiger partial charge in [0.2, 0.25) is 17.5 Å². The third-order valence-electron chi connectivity index (χ3n) is 19.7. The first-order valence-corrected chi connectivity index (χ1v) is 38.7. The second-order valence-corrected chi connectivity index (χ2v) is 30.0. The van der Waals surface area contributed by atoms with Crippen LogP contribution in [0.5, 0.6) is 11.5 Å². The molecule has 17 nitrogen and oxygen atoms in total. The number of fused-ring (bicyclic) bond motifs is 3. The molecule has 0 fully saturated rings. The molecular weight excluding hydrogens is 1270 g/mol. The second kappa shape index (κ2) is 33.4. The summed E-state index contributed by atoms with van der Waals surface area (Å²) >= 11 is 0. The number of anilines is 1. The van der Waals surface area contributed by atoms with Crippen LogP contribution in [0.3, 0.4) is 0 Å². The van der Waals surface area contributed by atoms with E-state index in [9.17, 15) is 35.5 Å². The van der Waals surface area contributed by atoms with E-state index in [0.717, 1.165) is 164 Å². The Morgan fingerprint density at radius 3 is 2.08 bits per heavy atom. The summed E-state index contributed by atoms with van der Waals surface area (Å²) in [7, 11) is -9.45. The van der Waals surface area contributed by atoms with Crippen molar-refractivity contribution in [1.82, 2.24) is 24.8 Å². The Bertz CT molecular complexity index is 4210. The highest BCUT2D eigenvalue weighted by Crippen LogP contribution is 2.49. The van der Waals surface area contributed by atoms with Gasteiger partial charge in [-0.05, 0) is 206 Å². The molecule has 6 aromatic rings. The lowest BCUT2D eigenvalue weighted by atomic mass is 9.81. The fraction of sp³-hybridized carbons (Fsp3) is 0.481. The summed E-state index contributed by atoms with van der Waals surface area (Å²) in [6.07, 6.45) is 25.4. The molecule has 3 aliphatic rings. The number of aromatic nitrogens is 3. The number of aryl methyl sites for hydroxylation is 3. The molecule has 98 heavy (non-hydrogen) atoms. The number of carbonyl (C=O) groups is 2. The highest BCUT2D eigenvalue weighted by Gasteiger charge is 2.45. The van der Waals surface area contributed by atoms with Crippen LogP contribution in [0.2, 0.25) is 0 Å². The summed E-state index contributed by atoms with van der Waals surface area (Å²) in [4.78, 5) is 35.2. The van der Waals surface area contributed by atoms with E-state index < -0.39 is 25.7 Å². The van der Waals surface area contributed by atoms with Gasteiger partial charge in [0.15, 0.2) is 11.4 Å². The van der Waals surface area contributed by atoms with E-state index >= 15 is 0 Å². The molecule has 0 saturated heterocycles. The van der Waals surface area contributed by atoms with Gasteiger partial charge in [-0.3, -0.25) is 9.59 Å². The van der Waals surface area contributed by atoms with Crippen molar-refractivity contribution in [2.75, 3.05) is 44.2 Å². The van der Waals surface area contributed by atoms with E-state index in [1.54, 1.807) is 6.07 Å². The molecule has 4 aromatic carbocycles. The molecule has 0 unspecified atom stereocenters. The third kappa shape index (κ3) is 17.8. The van der Waals surface area contributed by atoms with Gasteiger partial charge in [-0.2, -0.15) is 9.67 Å². The van der Waals surface area contributed by atoms with Gasteiger partial charge in [0.25, 0.3) is 0 Å². The first kappa shape index (κ1) is 74.5. The number of unbranched alkanes of at least 4 members (excludes halogenated alkanes) is 9. The normalized spacial score (nSPS) is 16.1. The quantitative estimate of drug-likeness (QED) is 0.0223. The summed E-state index contributed by atoms with van der Waals surface area (Å²) < 4.78 is 90.4.